The molecule has 1 aromatic carbocycles. The number of hydrogen-bond donors (Lipinski definition) is 2. The van der Waals surface area contributed by atoms with Gasteiger partial charge in [-0.05, 0) is 44.5 Å². The van der Waals surface area contributed by atoms with E-state index >= 15 is 0 Å². The molecule has 1 rings (SSSR count). The van der Waals surface area contributed by atoms with Gasteiger partial charge in [0.15, 0.2) is 0 Å². The van der Waals surface area contributed by atoms with Crippen LogP contribution in [0.25, 0.3) is 0 Å². The molecule has 4 heteroatoms. The lowest BCUT2D eigenvalue weighted by atomic mass is 10.1. The minimum Gasteiger partial charge on any atom is -0.398 e. The summed E-state index contributed by atoms with van der Waals surface area (Å²) in [7, 11) is 1.97. The molecule has 1 aromatic rings. The van der Waals surface area contributed by atoms with Gasteiger partial charge in [0.25, 0.3) is 0 Å². The Morgan fingerprint density at radius 3 is 2.58 bits per heavy atom. The SMILES string of the molecule is Cc1c(N)cccc1NC(=O)C(C)N(C)CC(C)C. The minimum absolute atomic E-state index is 0.00292. The van der Waals surface area contributed by atoms with E-state index in [2.05, 4.69) is 24.1 Å². The van der Waals surface area contributed by atoms with Crippen molar-refractivity contribution in [2.45, 2.75) is 33.7 Å². The van der Waals surface area contributed by atoms with Gasteiger partial charge < -0.3 is 11.1 Å². The maximum Gasteiger partial charge on any atom is 0.241 e. The normalized spacial score (nSPS) is 12.8. The Balaban J connectivity index is 2.71. The molecule has 0 aliphatic heterocycles. The molecule has 0 aliphatic carbocycles. The number of carbonyl (C=O) groups is 1. The van der Waals surface area contributed by atoms with Crippen molar-refractivity contribution in [3.8, 4) is 0 Å². The third-order valence-corrected chi connectivity index (χ3v) is 3.33. The van der Waals surface area contributed by atoms with Crippen molar-refractivity contribution >= 4 is 17.3 Å². The molecule has 0 heterocycles. The smallest absolute Gasteiger partial charge is 0.241 e. The molecule has 0 fully saturated rings. The number of nitrogen functional groups attached to an aromatic ring is 1. The zero-order valence-electron chi connectivity index (χ0n) is 12.5. The van der Waals surface area contributed by atoms with Crippen LogP contribution in [-0.2, 0) is 4.79 Å². The van der Waals surface area contributed by atoms with Crippen molar-refractivity contribution in [3.05, 3.63) is 23.8 Å². The fourth-order valence-electron chi connectivity index (χ4n) is 1.96. The number of likely N-dealkylation sites (N-methyl/N-ethyl adjacent to an activating group) is 1. The molecule has 4 nitrogen and oxygen atoms in total. The number of amides is 1. The number of carbonyl (C=O) groups excluding carboxylic acids is 1. The largest absolute Gasteiger partial charge is 0.398 e. The van der Waals surface area contributed by atoms with E-state index in [9.17, 15) is 4.79 Å². The highest BCUT2D eigenvalue weighted by molar-refractivity contribution is 5.95. The second-order valence-electron chi connectivity index (χ2n) is 5.52. The third kappa shape index (κ3) is 4.24. The fourth-order valence-corrected chi connectivity index (χ4v) is 1.96. The summed E-state index contributed by atoms with van der Waals surface area (Å²) in [5.41, 5.74) is 8.23. The molecular formula is C15H25N3O. The van der Waals surface area contributed by atoms with Crippen LogP contribution >= 0.6 is 0 Å². The molecule has 19 heavy (non-hydrogen) atoms. The van der Waals surface area contributed by atoms with Gasteiger partial charge in [0.2, 0.25) is 5.91 Å². The Hall–Kier alpha value is -1.55. The quantitative estimate of drug-likeness (QED) is 0.802. The summed E-state index contributed by atoms with van der Waals surface area (Å²) in [5.74, 6) is 0.534. The van der Waals surface area contributed by atoms with E-state index in [0.29, 0.717) is 11.6 Å². The summed E-state index contributed by atoms with van der Waals surface area (Å²) in [5, 5.41) is 2.94. The molecule has 0 spiro atoms. The van der Waals surface area contributed by atoms with Crippen LogP contribution < -0.4 is 11.1 Å². The predicted octanol–water partition coefficient (Wildman–Crippen LogP) is 2.49. The van der Waals surface area contributed by atoms with Gasteiger partial charge in [0, 0.05) is 17.9 Å². The van der Waals surface area contributed by atoms with Gasteiger partial charge >= 0.3 is 0 Å². The topological polar surface area (TPSA) is 58.4 Å². The molecule has 0 radical (unpaired) electrons. The van der Waals surface area contributed by atoms with Crippen LogP contribution in [0.4, 0.5) is 11.4 Å². The summed E-state index contributed by atoms with van der Waals surface area (Å²) in [6, 6.07) is 5.39. The summed E-state index contributed by atoms with van der Waals surface area (Å²) in [4.78, 5) is 14.3. The maximum atomic E-state index is 12.2. The zero-order valence-corrected chi connectivity index (χ0v) is 12.5. The third-order valence-electron chi connectivity index (χ3n) is 3.33. The van der Waals surface area contributed by atoms with E-state index in [-0.39, 0.29) is 11.9 Å². The highest BCUT2D eigenvalue weighted by Gasteiger charge is 2.19. The van der Waals surface area contributed by atoms with Gasteiger partial charge in [0.1, 0.15) is 0 Å². The van der Waals surface area contributed by atoms with E-state index in [1.165, 1.54) is 0 Å². The van der Waals surface area contributed by atoms with Gasteiger partial charge in [-0.1, -0.05) is 19.9 Å². The van der Waals surface area contributed by atoms with Crippen LogP contribution in [-0.4, -0.2) is 30.4 Å². The van der Waals surface area contributed by atoms with E-state index in [4.69, 9.17) is 5.73 Å². The van der Waals surface area contributed by atoms with Crippen LogP contribution in [0.3, 0.4) is 0 Å². The number of hydrogen-bond acceptors (Lipinski definition) is 3. The standard InChI is InChI=1S/C15H25N3O/c1-10(2)9-18(5)12(4)15(19)17-14-8-6-7-13(16)11(14)3/h6-8,10,12H,9,16H2,1-5H3,(H,17,19). The lowest BCUT2D eigenvalue weighted by molar-refractivity contribution is -0.120. The zero-order chi connectivity index (χ0) is 14.6. The molecule has 1 unspecified atom stereocenters. The van der Waals surface area contributed by atoms with Crippen molar-refractivity contribution in [1.29, 1.82) is 0 Å². The van der Waals surface area contributed by atoms with Crippen LogP contribution in [0.1, 0.15) is 26.3 Å². The van der Waals surface area contributed by atoms with Crippen LogP contribution in [0.2, 0.25) is 0 Å². The number of rotatable bonds is 5. The van der Waals surface area contributed by atoms with Crippen molar-refractivity contribution in [2.24, 2.45) is 5.92 Å². The van der Waals surface area contributed by atoms with Gasteiger partial charge in [-0.25, -0.2) is 0 Å². The molecule has 0 saturated carbocycles. The molecule has 106 valence electrons. The van der Waals surface area contributed by atoms with Gasteiger partial charge in [-0.3, -0.25) is 9.69 Å². The second-order valence-corrected chi connectivity index (χ2v) is 5.52. The lowest BCUT2D eigenvalue weighted by Gasteiger charge is -2.25. The number of benzene rings is 1. The Labute approximate surface area is 116 Å². The van der Waals surface area contributed by atoms with Gasteiger partial charge in [0.05, 0.1) is 6.04 Å². The molecule has 0 aliphatic rings. The van der Waals surface area contributed by atoms with E-state index in [1.807, 2.05) is 39.1 Å². The van der Waals surface area contributed by atoms with E-state index in [1.54, 1.807) is 0 Å². The fraction of sp³-hybridized carbons (Fsp3) is 0.533. The predicted molar refractivity (Wildman–Crippen MR) is 81.2 cm³/mol. The number of nitrogens with zero attached hydrogens (tertiary/aromatic N) is 1. The number of nitrogens with two attached hydrogens (primary N) is 1. The van der Waals surface area contributed by atoms with Crippen molar-refractivity contribution in [1.82, 2.24) is 4.90 Å². The Morgan fingerprint density at radius 1 is 1.37 bits per heavy atom. The van der Waals surface area contributed by atoms with E-state index < -0.39 is 0 Å². The van der Waals surface area contributed by atoms with Gasteiger partial charge in [-0.15, -0.1) is 0 Å². The molecule has 0 bridgehead atoms. The van der Waals surface area contributed by atoms with Crippen LogP contribution in [0, 0.1) is 12.8 Å². The average Bonchev–Trinajstić information content (AvgIpc) is 2.33. The van der Waals surface area contributed by atoms with Crippen molar-refractivity contribution < 1.29 is 4.79 Å². The summed E-state index contributed by atoms with van der Waals surface area (Å²) < 4.78 is 0. The van der Waals surface area contributed by atoms with Crippen molar-refractivity contribution in [3.63, 3.8) is 0 Å². The first-order valence-corrected chi connectivity index (χ1v) is 6.69. The Bertz CT molecular complexity index is 443. The molecule has 1 amide bonds. The average molecular weight is 263 g/mol. The minimum atomic E-state index is -0.164. The Kier molecular flexibility index (Phi) is 5.36. The monoisotopic (exact) mass is 263 g/mol. The first-order chi connectivity index (χ1) is 8.82. The van der Waals surface area contributed by atoms with E-state index in [0.717, 1.165) is 17.8 Å². The maximum absolute atomic E-state index is 12.2. The molecule has 0 saturated heterocycles. The number of nitrogens with one attached hydrogen (secondary N) is 1. The van der Waals surface area contributed by atoms with Gasteiger partial charge in [-0.2, -0.15) is 0 Å². The Morgan fingerprint density at radius 2 is 2.00 bits per heavy atom. The highest BCUT2D eigenvalue weighted by atomic mass is 16.2. The van der Waals surface area contributed by atoms with Crippen LogP contribution in [0.15, 0.2) is 18.2 Å². The second kappa shape index (κ2) is 6.57. The summed E-state index contributed by atoms with van der Waals surface area (Å²) in [6.45, 7) is 9.00. The molecule has 1 atom stereocenters. The highest BCUT2D eigenvalue weighted by Crippen LogP contribution is 2.20. The van der Waals surface area contributed by atoms with Crippen molar-refractivity contribution in [2.75, 3.05) is 24.6 Å². The first-order valence-electron chi connectivity index (χ1n) is 6.69. The first kappa shape index (κ1) is 15.5. The number of anilines is 2. The molecule has 3 N–H and O–H groups in total. The molecule has 0 aromatic heterocycles. The summed E-state index contributed by atoms with van der Waals surface area (Å²) >= 11 is 0. The van der Waals surface area contributed by atoms with Crippen LogP contribution in [0.5, 0.6) is 0 Å². The summed E-state index contributed by atoms with van der Waals surface area (Å²) in [6.07, 6.45) is 0. The molecular weight excluding hydrogens is 238 g/mol. The lowest BCUT2D eigenvalue weighted by Crippen LogP contribution is -2.41.